The van der Waals surface area contributed by atoms with Crippen molar-refractivity contribution in [3.8, 4) is 0 Å². The second-order valence-electron chi connectivity index (χ2n) is 4.54. The third kappa shape index (κ3) is 1.24. The molecule has 0 unspecified atom stereocenters. The molecule has 1 fully saturated rings. The lowest BCUT2D eigenvalue weighted by Crippen LogP contribution is -2.56. The maximum atomic E-state index is 6.23. The Morgan fingerprint density at radius 3 is 2.69 bits per heavy atom. The molecule has 84 valence electrons. The van der Waals surface area contributed by atoms with Crippen LogP contribution in [-0.2, 0) is 0 Å². The third-order valence-electron chi connectivity index (χ3n) is 3.62. The zero-order valence-electron chi connectivity index (χ0n) is 8.99. The average Bonchev–Trinajstić information content (AvgIpc) is 2.57. The van der Waals surface area contributed by atoms with Crippen LogP contribution in [0.3, 0.4) is 0 Å². The van der Waals surface area contributed by atoms with E-state index < -0.39 is 0 Å². The Morgan fingerprint density at radius 1 is 1.31 bits per heavy atom. The highest BCUT2D eigenvalue weighted by atomic mass is 35.5. The lowest BCUT2D eigenvalue weighted by molar-refractivity contribution is 0.272. The van der Waals surface area contributed by atoms with Gasteiger partial charge in [0.1, 0.15) is 0 Å². The van der Waals surface area contributed by atoms with Gasteiger partial charge in [0.15, 0.2) is 5.96 Å². The summed E-state index contributed by atoms with van der Waals surface area (Å²) in [7, 11) is 0. The minimum atomic E-state index is 0.120. The van der Waals surface area contributed by atoms with Crippen molar-refractivity contribution in [1.29, 1.82) is 0 Å². The van der Waals surface area contributed by atoms with E-state index in [4.69, 9.17) is 17.3 Å². The first-order valence-electron chi connectivity index (χ1n) is 5.58. The van der Waals surface area contributed by atoms with Crippen molar-refractivity contribution in [2.45, 2.75) is 24.8 Å². The second kappa shape index (κ2) is 3.39. The zero-order valence-corrected chi connectivity index (χ0v) is 9.74. The van der Waals surface area contributed by atoms with Crippen molar-refractivity contribution in [2.24, 2.45) is 10.7 Å². The molecule has 1 saturated carbocycles. The number of benzene rings is 1. The molecule has 2 aliphatic rings. The summed E-state index contributed by atoms with van der Waals surface area (Å²) in [5, 5.41) is 0.744. The third-order valence-corrected chi connectivity index (χ3v) is 3.94. The summed E-state index contributed by atoms with van der Waals surface area (Å²) in [6.07, 6.45) is 3.56. The van der Waals surface area contributed by atoms with Gasteiger partial charge in [0, 0.05) is 0 Å². The van der Waals surface area contributed by atoms with E-state index in [9.17, 15) is 0 Å². The molecule has 4 heteroatoms. The van der Waals surface area contributed by atoms with Gasteiger partial charge in [-0.2, -0.15) is 0 Å². The summed E-state index contributed by atoms with van der Waals surface area (Å²) in [4.78, 5) is 6.50. The summed E-state index contributed by atoms with van der Waals surface area (Å²) >= 11 is 6.23. The first-order chi connectivity index (χ1) is 7.73. The number of nitrogens with zero attached hydrogens (tertiary/aromatic N) is 2. The number of guanidine groups is 1. The van der Waals surface area contributed by atoms with Crippen LogP contribution >= 0.6 is 11.6 Å². The predicted octanol–water partition coefficient (Wildman–Crippen LogP) is 2.40. The van der Waals surface area contributed by atoms with Crippen molar-refractivity contribution in [1.82, 2.24) is 0 Å². The van der Waals surface area contributed by atoms with Crippen LogP contribution in [0.4, 0.5) is 5.69 Å². The van der Waals surface area contributed by atoms with Crippen LogP contribution in [0.1, 0.15) is 19.3 Å². The summed E-state index contributed by atoms with van der Waals surface area (Å²) in [5.74, 6) is 0.604. The molecular formula is C12H14ClN3. The number of hydrogen-bond acceptors (Lipinski definition) is 3. The molecule has 0 radical (unpaired) electrons. The second-order valence-corrected chi connectivity index (χ2v) is 4.95. The Morgan fingerprint density at radius 2 is 2.06 bits per heavy atom. The van der Waals surface area contributed by atoms with Crippen LogP contribution in [-0.4, -0.2) is 18.0 Å². The van der Waals surface area contributed by atoms with Gasteiger partial charge in [-0.15, -0.1) is 0 Å². The smallest absolute Gasteiger partial charge is 0.196 e. The molecule has 0 amide bonds. The molecule has 0 bridgehead atoms. The predicted molar refractivity (Wildman–Crippen MR) is 67.0 cm³/mol. The lowest BCUT2D eigenvalue weighted by Gasteiger charge is -2.46. The molecule has 1 heterocycles. The number of halogens is 1. The number of rotatable bonds is 1. The summed E-state index contributed by atoms with van der Waals surface area (Å²) in [6, 6.07) is 7.83. The zero-order chi connectivity index (χ0) is 11.2. The number of hydrogen-bond donors (Lipinski definition) is 1. The standard InChI is InChI=1S/C12H14ClN3/c13-9-4-1-2-5-10(9)16-11(14)15-8-12(16)6-3-7-12/h1-2,4-5H,3,6-8H2,(H2,14,15). The summed E-state index contributed by atoms with van der Waals surface area (Å²) in [6.45, 7) is 0.810. The molecular weight excluding hydrogens is 222 g/mol. The van der Waals surface area contributed by atoms with Gasteiger partial charge in [-0.3, -0.25) is 4.99 Å². The molecule has 1 aliphatic carbocycles. The van der Waals surface area contributed by atoms with E-state index in [1.807, 2.05) is 24.3 Å². The Kier molecular flexibility index (Phi) is 2.11. The van der Waals surface area contributed by atoms with Gasteiger partial charge in [0.2, 0.25) is 0 Å². The highest BCUT2D eigenvalue weighted by Gasteiger charge is 2.48. The molecule has 2 N–H and O–H groups in total. The molecule has 3 nitrogen and oxygen atoms in total. The van der Waals surface area contributed by atoms with Gasteiger partial charge >= 0.3 is 0 Å². The summed E-state index contributed by atoms with van der Waals surface area (Å²) < 4.78 is 0. The minimum Gasteiger partial charge on any atom is -0.369 e. The topological polar surface area (TPSA) is 41.6 Å². The fraction of sp³-hybridized carbons (Fsp3) is 0.417. The van der Waals surface area contributed by atoms with Crippen LogP contribution in [0.15, 0.2) is 29.3 Å². The van der Waals surface area contributed by atoms with Crippen LogP contribution in [0.5, 0.6) is 0 Å². The molecule has 0 atom stereocenters. The number of aliphatic imine (C=N–C) groups is 1. The lowest BCUT2D eigenvalue weighted by atomic mass is 9.76. The fourth-order valence-electron chi connectivity index (χ4n) is 2.59. The first-order valence-corrected chi connectivity index (χ1v) is 5.95. The Bertz CT molecular complexity index is 451. The van der Waals surface area contributed by atoms with Crippen LogP contribution in [0, 0.1) is 0 Å². The fourth-order valence-corrected chi connectivity index (χ4v) is 2.81. The van der Waals surface area contributed by atoms with Crippen LogP contribution in [0.2, 0.25) is 5.02 Å². The van der Waals surface area contributed by atoms with Crippen molar-refractivity contribution in [3.05, 3.63) is 29.3 Å². The number of para-hydroxylation sites is 1. The van der Waals surface area contributed by atoms with Crippen molar-refractivity contribution < 1.29 is 0 Å². The van der Waals surface area contributed by atoms with Crippen LogP contribution < -0.4 is 10.6 Å². The maximum Gasteiger partial charge on any atom is 0.196 e. The van der Waals surface area contributed by atoms with E-state index in [2.05, 4.69) is 9.89 Å². The normalized spacial score (nSPS) is 22.1. The Labute approximate surface area is 99.9 Å². The quantitative estimate of drug-likeness (QED) is 0.812. The highest BCUT2D eigenvalue weighted by Crippen LogP contribution is 2.44. The average molecular weight is 236 g/mol. The van der Waals surface area contributed by atoms with Gasteiger partial charge in [0.05, 0.1) is 22.8 Å². The van der Waals surface area contributed by atoms with E-state index in [-0.39, 0.29) is 5.54 Å². The van der Waals surface area contributed by atoms with Gasteiger partial charge in [-0.05, 0) is 31.4 Å². The van der Waals surface area contributed by atoms with Crippen molar-refractivity contribution in [2.75, 3.05) is 11.4 Å². The van der Waals surface area contributed by atoms with E-state index in [1.165, 1.54) is 6.42 Å². The van der Waals surface area contributed by atoms with Crippen molar-refractivity contribution in [3.63, 3.8) is 0 Å². The molecule has 1 aromatic carbocycles. The van der Waals surface area contributed by atoms with E-state index >= 15 is 0 Å². The highest BCUT2D eigenvalue weighted by molar-refractivity contribution is 6.34. The molecule has 1 aromatic rings. The number of nitrogens with two attached hydrogens (primary N) is 1. The summed E-state index contributed by atoms with van der Waals surface area (Å²) in [5.41, 5.74) is 7.09. The van der Waals surface area contributed by atoms with Gasteiger partial charge in [0.25, 0.3) is 0 Å². The van der Waals surface area contributed by atoms with E-state index in [1.54, 1.807) is 0 Å². The van der Waals surface area contributed by atoms with Crippen LogP contribution in [0.25, 0.3) is 0 Å². The molecule has 1 spiro atoms. The molecule has 16 heavy (non-hydrogen) atoms. The molecule has 0 aromatic heterocycles. The molecule has 3 rings (SSSR count). The van der Waals surface area contributed by atoms with E-state index in [0.717, 1.165) is 30.1 Å². The largest absolute Gasteiger partial charge is 0.369 e. The number of anilines is 1. The Hall–Kier alpha value is -1.22. The van der Waals surface area contributed by atoms with E-state index in [0.29, 0.717) is 5.96 Å². The van der Waals surface area contributed by atoms with Gasteiger partial charge in [-0.25, -0.2) is 0 Å². The van der Waals surface area contributed by atoms with Gasteiger partial charge in [-0.1, -0.05) is 23.7 Å². The van der Waals surface area contributed by atoms with Crippen molar-refractivity contribution >= 4 is 23.2 Å². The first kappa shape index (κ1) is 9.97. The molecule has 0 saturated heterocycles. The molecule has 1 aliphatic heterocycles. The van der Waals surface area contributed by atoms with Gasteiger partial charge < -0.3 is 10.6 Å². The SMILES string of the molecule is NC1=NCC2(CCC2)N1c1ccccc1Cl. The Balaban J connectivity index is 2.04. The monoisotopic (exact) mass is 235 g/mol. The maximum absolute atomic E-state index is 6.23. The minimum absolute atomic E-state index is 0.120.